The third-order valence-corrected chi connectivity index (χ3v) is 8.67. The number of hydrogen-bond acceptors (Lipinski definition) is 6. The average molecular weight is 515 g/mol. The summed E-state index contributed by atoms with van der Waals surface area (Å²) in [5.74, 6) is -0.109. The Balaban J connectivity index is 1.61. The van der Waals surface area contributed by atoms with E-state index in [4.69, 9.17) is 21.3 Å². The molecule has 8 heteroatoms. The number of ketones is 1. The molecule has 34 heavy (non-hydrogen) atoms. The molecule has 0 radical (unpaired) electrons. The van der Waals surface area contributed by atoms with Crippen molar-refractivity contribution < 1.29 is 14.3 Å². The second-order valence-corrected chi connectivity index (χ2v) is 11.4. The highest BCUT2D eigenvalue weighted by Gasteiger charge is 2.48. The Labute approximate surface area is 213 Å². The number of carbonyl (C=O) groups is 2. The van der Waals surface area contributed by atoms with Crippen molar-refractivity contribution in [2.45, 2.75) is 43.4 Å². The highest BCUT2D eigenvalue weighted by molar-refractivity contribution is 8.05. The van der Waals surface area contributed by atoms with E-state index in [0.29, 0.717) is 28.5 Å². The fraction of sp³-hybridized carbons (Fsp3) is 0.346. The molecule has 0 bridgehead atoms. The number of carbonyl (C=O) groups excluding carboxylic acids is 2. The van der Waals surface area contributed by atoms with Crippen LogP contribution < -0.4 is 10.1 Å². The number of halogens is 1. The van der Waals surface area contributed by atoms with E-state index in [-0.39, 0.29) is 17.2 Å². The molecule has 2 unspecified atom stereocenters. The van der Waals surface area contributed by atoms with Gasteiger partial charge < -0.3 is 10.1 Å². The fourth-order valence-electron chi connectivity index (χ4n) is 3.95. The zero-order chi connectivity index (χ0) is 24.3. The molecule has 1 aliphatic carbocycles. The van der Waals surface area contributed by atoms with Gasteiger partial charge in [0, 0.05) is 22.4 Å². The Morgan fingerprint density at radius 2 is 2.18 bits per heavy atom. The maximum absolute atomic E-state index is 13.4. The monoisotopic (exact) mass is 514 g/mol. The van der Waals surface area contributed by atoms with Crippen molar-refractivity contribution in [3.63, 3.8) is 0 Å². The molecule has 0 aromatic carbocycles. The number of nitrogens with one attached hydrogen (secondary N) is 1. The topological polar surface area (TPSA) is 68.3 Å². The van der Waals surface area contributed by atoms with Crippen LogP contribution >= 0.6 is 34.7 Å². The van der Waals surface area contributed by atoms with Gasteiger partial charge in [-0.1, -0.05) is 43.8 Å². The number of amides is 1. The standard InChI is InChI=1S/C26H27ClN2O3S2/c1-4-6-20(17(2)27)34-23-19(30)15-26(29-24(23)31,18-9-14-33-16-18)21-7-5-8-22(28-21)32-13-12-25(3)10-11-25/h4-9,14,16,23H,1-2,10-13,15H2,3H3,(H,29,31)/b20-6+. The van der Waals surface area contributed by atoms with E-state index in [1.54, 1.807) is 12.2 Å². The number of thiophene rings is 1. The van der Waals surface area contributed by atoms with Crippen molar-refractivity contribution in [1.82, 2.24) is 10.3 Å². The Bertz CT molecular complexity index is 1120. The number of allylic oxidation sites excluding steroid dienone is 3. The Morgan fingerprint density at radius 1 is 1.38 bits per heavy atom. The molecule has 1 saturated carbocycles. The van der Waals surface area contributed by atoms with E-state index in [9.17, 15) is 9.59 Å². The minimum absolute atomic E-state index is 0.0673. The van der Waals surface area contributed by atoms with Gasteiger partial charge in [0.2, 0.25) is 11.8 Å². The lowest BCUT2D eigenvalue weighted by atomic mass is 9.79. The second kappa shape index (κ2) is 10.1. The van der Waals surface area contributed by atoms with Crippen LogP contribution in [0.2, 0.25) is 0 Å². The van der Waals surface area contributed by atoms with E-state index >= 15 is 0 Å². The smallest absolute Gasteiger partial charge is 0.242 e. The number of pyridine rings is 1. The number of hydrogen-bond donors (Lipinski definition) is 1. The first-order chi connectivity index (χ1) is 16.3. The van der Waals surface area contributed by atoms with Gasteiger partial charge in [-0.15, -0.1) is 11.8 Å². The number of piperidine rings is 1. The lowest BCUT2D eigenvalue weighted by Gasteiger charge is -2.39. The number of Topliss-reactive ketones (excluding diaryl/α,β-unsaturated/α-hetero) is 1. The quantitative estimate of drug-likeness (QED) is 0.312. The molecule has 1 amide bonds. The van der Waals surface area contributed by atoms with Crippen LogP contribution in [0, 0.1) is 5.41 Å². The molecule has 178 valence electrons. The van der Waals surface area contributed by atoms with Crippen molar-refractivity contribution in [1.29, 1.82) is 0 Å². The minimum atomic E-state index is -1.06. The summed E-state index contributed by atoms with van der Waals surface area (Å²) in [5, 5.41) is 6.30. The summed E-state index contributed by atoms with van der Waals surface area (Å²) in [7, 11) is 0. The van der Waals surface area contributed by atoms with Gasteiger partial charge in [0.05, 0.1) is 12.3 Å². The molecule has 5 nitrogen and oxygen atoms in total. The van der Waals surface area contributed by atoms with E-state index in [2.05, 4.69) is 25.4 Å². The van der Waals surface area contributed by atoms with Crippen LogP contribution in [0.3, 0.4) is 0 Å². The second-order valence-electron chi connectivity index (χ2n) is 8.99. The number of ether oxygens (including phenoxy) is 1. The van der Waals surface area contributed by atoms with Gasteiger partial charge in [0.1, 0.15) is 10.8 Å². The Hall–Kier alpha value is -2.35. The lowest BCUT2D eigenvalue weighted by molar-refractivity contribution is -0.133. The van der Waals surface area contributed by atoms with Crippen LogP contribution in [-0.2, 0) is 15.1 Å². The van der Waals surface area contributed by atoms with Gasteiger partial charge in [-0.2, -0.15) is 11.3 Å². The predicted octanol–water partition coefficient (Wildman–Crippen LogP) is 5.97. The first-order valence-electron chi connectivity index (χ1n) is 11.1. The number of rotatable bonds is 10. The predicted molar refractivity (Wildman–Crippen MR) is 139 cm³/mol. The minimum Gasteiger partial charge on any atom is -0.478 e. The van der Waals surface area contributed by atoms with Gasteiger partial charge in [-0.3, -0.25) is 9.59 Å². The van der Waals surface area contributed by atoms with Crippen LogP contribution in [0.25, 0.3) is 0 Å². The molecule has 0 spiro atoms. The maximum Gasteiger partial charge on any atom is 0.242 e. The van der Waals surface area contributed by atoms with E-state index in [1.807, 2.05) is 35.0 Å². The van der Waals surface area contributed by atoms with Gasteiger partial charge in [-0.25, -0.2) is 4.98 Å². The summed E-state index contributed by atoms with van der Waals surface area (Å²) in [6.45, 7) is 10.2. The molecular formula is C26H27ClN2O3S2. The fourth-order valence-corrected chi connectivity index (χ4v) is 5.81. The molecule has 1 N–H and O–H groups in total. The van der Waals surface area contributed by atoms with Crippen molar-refractivity contribution in [2.24, 2.45) is 5.41 Å². The van der Waals surface area contributed by atoms with Crippen LogP contribution in [0.5, 0.6) is 5.88 Å². The molecule has 2 fully saturated rings. The van der Waals surface area contributed by atoms with Gasteiger partial charge in [0.15, 0.2) is 5.78 Å². The van der Waals surface area contributed by atoms with Crippen molar-refractivity contribution >= 4 is 46.4 Å². The van der Waals surface area contributed by atoms with Crippen LogP contribution in [0.15, 0.2) is 70.3 Å². The summed E-state index contributed by atoms with van der Waals surface area (Å²) in [4.78, 5) is 31.9. The summed E-state index contributed by atoms with van der Waals surface area (Å²) < 4.78 is 5.95. The molecule has 2 aromatic rings. The number of nitrogens with zero attached hydrogens (tertiary/aromatic N) is 1. The normalized spacial score (nSPS) is 23.8. The van der Waals surface area contributed by atoms with E-state index in [1.165, 1.54) is 24.2 Å². The highest BCUT2D eigenvalue weighted by Crippen LogP contribution is 2.48. The van der Waals surface area contributed by atoms with Crippen LogP contribution in [-0.4, -0.2) is 28.5 Å². The number of thioether (sulfide) groups is 1. The molecule has 4 rings (SSSR count). The molecule has 2 aromatic heterocycles. The van der Waals surface area contributed by atoms with Gasteiger partial charge >= 0.3 is 0 Å². The summed E-state index contributed by atoms with van der Waals surface area (Å²) >= 11 is 8.65. The van der Waals surface area contributed by atoms with Crippen molar-refractivity contribution in [3.8, 4) is 5.88 Å². The third-order valence-electron chi connectivity index (χ3n) is 6.32. The van der Waals surface area contributed by atoms with Crippen molar-refractivity contribution in [2.75, 3.05) is 6.61 Å². The van der Waals surface area contributed by atoms with Crippen molar-refractivity contribution in [3.05, 3.63) is 81.5 Å². The lowest BCUT2D eigenvalue weighted by Crippen LogP contribution is -2.58. The zero-order valence-corrected chi connectivity index (χ0v) is 21.4. The van der Waals surface area contributed by atoms with Crippen LogP contribution in [0.1, 0.15) is 43.9 Å². The molecular weight excluding hydrogens is 488 g/mol. The highest BCUT2D eigenvalue weighted by atomic mass is 35.5. The molecule has 2 atom stereocenters. The third kappa shape index (κ3) is 5.32. The molecule has 1 saturated heterocycles. The van der Waals surface area contributed by atoms with Gasteiger partial charge in [-0.05, 0) is 59.2 Å². The summed E-state index contributed by atoms with van der Waals surface area (Å²) in [6, 6.07) is 7.41. The molecule has 1 aliphatic heterocycles. The zero-order valence-electron chi connectivity index (χ0n) is 19.0. The summed E-state index contributed by atoms with van der Waals surface area (Å²) in [5.41, 5.74) is 0.725. The number of aromatic nitrogens is 1. The van der Waals surface area contributed by atoms with E-state index in [0.717, 1.165) is 23.7 Å². The summed E-state index contributed by atoms with van der Waals surface area (Å²) in [6.07, 6.45) is 6.72. The average Bonchev–Trinajstić information content (AvgIpc) is 3.28. The molecule has 3 heterocycles. The Morgan fingerprint density at radius 3 is 2.79 bits per heavy atom. The van der Waals surface area contributed by atoms with E-state index < -0.39 is 16.7 Å². The maximum atomic E-state index is 13.4. The van der Waals surface area contributed by atoms with Gasteiger partial charge in [0.25, 0.3) is 0 Å². The first-order valence-corrected chi connectivity index (χ1v) is 13.3. The SMILES string of the molecule is C=C/C=C(/SC1C(=O)CC(c2ccsc2)(c2cccc(OCCC3(C)CC3)n2)NC1=O)C(=C)Cl. The largest absolute Gasteiger partial charge is 0.478 e. The first kappa shape index (κ1) is 24.8. The van der Waals surface area contributed by atoms with Crippen LogP contribution in [0.4, 0.5) is 0 Å². The molecule has 2 aliphatic rings. The Kier molecular flexibility index (Phi) is 7.36.